The van der Waals surface area contributed by atoms with Crippen molar-refractivity contribution in [1.82, 2.24) is 5.32 Å². The van der Waals surface area contributed by atoms with E-state index in [4.69, 9.17) is 4.74 Å². The number of nitrogens with zero attached hydrogens (tertiary/aromatic N) is 1. The molecule has 0 heterocycles. The number of anilines is 1. The number of ether oxygens (including phenoxy) is 1. The molecule has 1 aliphatic carbocycles. The number of hydrogen-bond donors (Lipinski definition) is 1. The number of methoxy groups -OCH3 is 1. The average Bonchev–Trinajstić information content (AvgIpc) is 2.71. The van der Waals surface area contributed by atoms with Gasteiger partial charge in [-0.15, -0.1) is 0 Å². The number of carbonyl (C=O) groups excluding carboxylic acids is 1. The van der Waals surface area contributed by atoms with Gasteiger partial charge < -0.3 is 10.1 Å². The Morgan fingerprint density at radius 2 is 1.90 bits per heavy atom. The molecule has 2 aromatic carbocycles. The summed E-state index contributed by atoms with van der Waals surface area (Å²) in [7, 11) is -2.11. The number of benzene rings is 2. The first-order valence-electron chi connectivity index (χ1n) is 9.86. The van der Waals surface area contributed by atoms with E-state index in [0.717, 1.165) is 31.1 Å². The van der Waals surface area contributed by atoms with E-state index in [-0.39, 0.29) is 11.9 Å². The minimum atomic E-state index is -3.66. The molecule has 0 bridgehead atoms. The quantitative estimate of drug-likeness (QED) is 0.750. The van der Waals surface area contributed by atoms with Crippen LogP contribution in [0.5, 0.6) is 5.75 Å². The maximum absolute atomic E-state index is 13.2. The maximum atomic E-state index is 13.2. The van der Waals surface area contributed by atoms with Crippen molar-refractivity contribution in [3.05, 3.63) is 59.7 Å². The Balaban J connectivity index is 1.88. The van der Waals surface area contributed by atoms with Gasteiger partial charge in [-0.1, -0.05) is 31.2 Å². The van der Waals surface area contributed by atoms with E-state index in [2.05, 4.69) is 11.4 Å². The van der Waals surface area contributed by atoms with Crippen LogP contribution in [0.2, 0.25) is 0 Å². The van der Waals surface area contributed by atoms with Crippen molar-refractivity contribution in [3.63, 3.8) is 0 Å². The second-order valence-electron chi connectivity index (χ2n) is 7.33. The molecule has 3 rings (SSSR count). The molecule has 7 heteroatoms. The Labute approximate surface area is 172 Å². The van der Waals surface area contributed by atoms with Gasteiger partial charge in [0.25, 0.3) is 0 Å². The topological polar surface area (TPSA) is 75.7 Å². The average molecular weight is 417 g/mol. The van der Waals surface area contributed by atoms with Gasteiger partial charge in [0.2, 0.25) is 15.9 Å². The Kier molecular flexibility index (Phi) is 6.47. The highest BCUT2D eigenvalue weighted by Crippen LogP contribution is 2.30. The highest BCUT2D eigenvalue weighted by molar-refractivity contribution is 7.92. The smallest absolute Gasteiger partial charge is 0.244 e. The number of rotatable bonds is 7. The number of hydrogen-bond acceptors (Lipinski definition) is 4. The van der Waals surface area contributed by atoms with E-state index in [9.17, 15) is 13.2 Å². The highest BCUT2D eigenvalue weighted by Gasteiger charge is 2.33. The molecule has 0 spiro atoms. The van der Waals surface area contributed by atoms with Gasteiger partial charge in [0.05, 0.1) is 25.1 Å². The second kappa shape index (κ2) is 8.86. The van der Waals surface area contributed by atoms with Gasteiger partial charge >= 0.3 is 0 Å². The molecule has 29 heavy (non-hydrogen) atoms. The molecule has 0 radical (unpaired) electrons. The van der Waals surface area contributed by atoms with E-state index in [1.54, 1.807) is 31.4 Å². The largest absolute Gasteiger partial charge is 0.497 e. The van der Waals surface area contributed by atoms with E-state index < -0.39 is 16.1 Å². The van der Waals surface area contributed by atoms with Crippen LogP contribution < -0.4 is 14.4 Å². The number of carbonyl (C=O) groups is 1. The molecule has 0 saturated heterocycles. The first kappa shape index (κ1) is 21.2. The molecule has 0 fully saturated rings. The summed E-state index contributed by atoms with van der Waals surface area (Å²) in [6.45, 7) is 1.82. The van der Waals surface area contributed by atoms with Crippen LogP contribution in [0, 0.1) is 0 Å². The van der Waals surface area contributed by atoms with Crippen LogP contribution in [0.15, 0.2) is 48.5 Å². The van der Waals surface area contributed by atoms with Crippen LogP contribution in [0.3, 0.4) is 0 Å². The Morgan fingerprint density at radius 3 is 2.52 bits per heavy atom. The van der Waals surface area contributed by atoms with Gasteiger partial charge in [-0.05, 0) is 61.1 Å². The molecule has 2 atom stereocenters. The molecule has 1 N–H and O–H groups in total. The lowest BCUT2D eigenvalue weighted by Gasteiger charge is -2.33. The molecule has 0 unspecified atom stereocenters. The fourth-order valence-corrected chi connectivity index (χ4v) is 5.17. The molecular weight excluding hydrogens is 388 g/mol. The highest BCUT2D eigenvalue weighted by atomic mass is 32.2. The van der Waals surface area contributed by atoms with Gasteiger partial charge in [0.1, 0.15) is 11.8 Å². The normalized spacial score (nSPS) is 17.1. The summed E-state index contributed by atoms with van der Waals surface area (Å²) in [6, 6.07) is 13.9. The molecule has 156 valence electrons. The van der Waals surface area contributed by atoms with Crippen molar-refractivity contribution in [2.75, 3.05) is 17.7 Å². The van der Waals surface area contributed by atoms with Gasteiger partial charge in [0.15, 0.2) is 0 Å². The standard InChI is InChI=1S/C22H28N2O4S/c1-4-21(24(29(3,26)27)17-12-14-18(28-2)15-13-17)22(25)23-20-11-7-9-16-8-5-6-10-19(16)20/h5-6,8,10,12-15,20-21H,4,7,9,11H2,1-3H3,(H,23,25)/t20-,21-/m0/s1. The van der Waals surface area contributed by atoms with E-state index in [0.29, 0.717) is 17.9 Å². The van der Waals surface area contributed by atoms with Gasteiger partial charge in [-0.25, -0.2) is 8.42 Å². The number of fused-ring (bicyclic) bond motifs is 1. The van der Waals surface area contributed by atoms with Crippen LogP contribution in [-0.4, -0.2) is 33.7 Å². The molecule has 1 amide bonds. The Bertz CT molecular complexity index is 957. The first-order chi connectivity index (χ1) is 13.8. The molecule has 0 aliphatic heterocycles. The van der Waals surface area contributed by atoms with Crippen molar-refractivity contribution in [3.8, 4) is 5.75 Å². The summed E-state index contributed by atoms with van der Waals surface area (Å²) >= 11 is 0. The van der Waals surface area contributed by atoms with Crippen molar-refractivity contribution in [2.24, 2.45) is 0 Å². The minimum absolute atomic E-state index is 0.0984. The molecule has 6 nitrogen and oxygen atoms in total. The van der Waals surface area contributed by atoms with E-state index in [1.165, 1.54) is 9.87 Å². The number of sulfonamides is 1. The third kappa shape index (κ3) is 4.72. The summed E-state index contributed by atoms with van der Waals surface area (Å²) in [5, 5.41) is 3.10. The Morgan fingerprint density at radius 1 is 1.21 bits per heavy atom. The number of nitrogens with one attached hydrogen (secondary N) is 1. The van der Waals surface area contributed by atoms with E-state index in [1.807, 2.05) is 25.1 Å². The molecule has 1 aliphatic rings. The number of aryl methyl sites for hydroxylation is 1. The molecule has 0 aromatic heterocycles. The van der Waals surface area contributed by atoms with Gasteiger partial charge in [-0.2, -0.15) is 0 Å². The SMILES string of the molecule is CC[C@@H](C(=O)N[C@H]1CCCc2ccccc21)N(c1ccc(OC)cc1)S(C)(=O)=O. The van der Waals surface area contributed by atoms with Crippen LogP contribution in [-0.2, 0) is 21.2 Å². The van der Waals surface area contributed by atoms with Crippen molar-refractivity contribution >= 4 is 21.6 Å². The summed E-state index contributed by atoms with van der Waals surface area (Å²) in [5.74, 6) is 0.342. The maximum Gasteiger partial charge on any atom is 0.244 e. The van der Waals surface area contributed by atoms with E-state index >= 15 is 0 Å². The van der Waals surface area contributed by atoms with Crippen molar-refractivity contribution in [1.29, 1.82) is 0 Å². The first-order valence-corrected chi connectivity index (χ1v) is 11.7. The third-order valence-corrected chi connectivity index (χ3v) is 6.52. The van der Waals surface area contributed by atoms with Crippen LogP contribution >= 0.6 is 0 Å². The zero-order chi connectivity index (χ0) is 21.0. The van der Waals surface area contributed by atoms with Crippen LogP contribution in [0.1, 0.15) is 43.4 Å². The predicted octanol–water partition coefficient (Wildman–Crippen LogP) is 3.43. The lowest BCUT2D eigenvalue weighted by molar-refractivity contribution is -0.123. The van der Waals surface area contributed by atoms with Gasteiger partial charge in [0, 0.05) is 0 Å². The van der Waals surface area contributed by atoms with Gasteiger partial charge in [-0.3, -0.25) is 9.10 Å². The summed E-state index contributed by atoms with van der Waals surface area (Å²) in [5.41, 5.74) is 2.81. The monoisotopic (exact) mass is 416 g/mol. The lowest BCUT2D eigenvalue weighted by Crippen LogP contribution is -2.50. The third-order valence-electron chi connectivity index (χ3n) is 5.34. The summed E-state index contributed by atoms with van der Waals surface area (Å²) in [6.07, 6.45) is 4.33. The van der Waals surface area contributed by atoms with Crippen LogP contribution in [0.4, 0.5) is 5.69 Å². The Hall–Kier alpha value is -2.54. The minimum Gasteiger partial charge on any atom is -0.497 e. The summed E-state index contributed by atoms with van der Waals surface area (Å²) in [4.78, 5) is 13.2. The molecule has 0 saturated carbocycles. The molecule has 2 aromatic rings. The zero-order valence-electron chi connectivity index (χ0n) is 17.1. The predicted molar refractivity (Wildman–Crippen MR) is 115 cm³/mol. The fourth-order valence-electron chi connectivity index (χ4n) is 3.96. The zero-order valence-corrected chi connectivity index (χ0v) is 17.9. The van der Waals surface area contributed by atoms with Crippen molar-refractivity contribution in [2.45, 2.75) is 44.7 Å². The van der Waals surface area contributed by atoms with Crippen molar-refractivity contribution < 1.29 is 17.9 Å². The van der Waals surface area contributed by atoms with Crippen LogP contribution in [0.25, 0.3) is 0 Å². The summed E-state index contributed by atoms with van der Waals surface area (Å²) < 4.78 is 31.6. The molecular formula is C22H28N2O4S. The fraction of sp³-hybridized carbons (Fsp3) is 0.409. The number of amides is 1. The second-order valence-corrected chi connectivity index (χ2v) is 9.19. The lowest BCUT2D eigenvalue weighted by atomic mass is 9.87.